The number of rotatable bonds is 17. The van der Waals surface area contributed by atoms with Gasteiger partial charge >= 0.3 is 0 Å². The summed E-state index contributed by atoms with van der Waals surface area (Å²) in [6.07, 6.45) is 18.1. The zero-order valence-electron chi connectivity index (χ0n) is 18.4. The number of nitrogens with zero attached hydrogens (tertiary/aromatic N) is 1. The van der Waals surface area contributed by atoms with Crippen LogP contribution in [0.25, 0.3) is 0 Å². The molecule has 1 aliphatic rings. The van der Waals surface area contributed by atoms with Gasteiger partial charge in [-0.2, -0.15) is 0 Å². The van der Waals surface area contributed by atoms with Crippen LogP contribution in [0.3, 0.4) is 0 Å². The molecule has 1 rings (SSSR count). The van der Waals surface area contributed by atoms with E-state index in [1.807, 2.05) is 4.90 Å². The number of amides is 2. The van der Waals surface area contributed by atoms with E-state index in [1.54, 1.807) is 0 Å². The maximum atomic E-state index is 12.5. The van der Waals surface area contributed by atoms with E-state index in [9.17, 15) is 9.59 Å². The summed E-state index contributed by atoms with van der Waals surface area (Å²) in [6, 6.07) is -0.245. The lowest BCUT2D eigenvalue weighted by atomic mass is 10.1. The molecule has 0 radical (unpaired) electrons. The Morgan fingerprint density at radius 2 is 1.50 bits per heavy atom. The summed E-state index contributed by atoms with van der Waals surface area (Å²) in [6.45, 7) is 4.39. The van der Waals surface area contributed by atoms with Crippen molar-refractivity contribution in [2.24, 2.45) is 5.73 Å². The van der Waals surface area contributed by atoms with Crippen LogP contribution in [0, 0.1) is 0 Å². The number of likely N-dealkylation sites (tertiary alicyclic amines) is 1. The fourth-order valence-electron chi connectivity index (χ4n) is 4.02. The van der Waals surface area contributed by atoms with Gasteiger partial charge in [0.15, 0.2) is 0 Å². The molecule has 0 bridgehead atoms. The molecule has 5 nitrogen and oxygen atoms in total. The molecular weight excluding hydrogens is 350 g/mol. The van der Waals surface area contributed by atoms with Gasteiger partial charge in [-0.3, -0.25) is 9.59 Å². The summed E-state index contributed by atoms with van der Waals surface area (Å²) in [5, 5.41) is 3.00. The second-order valence-corrected chi connectivity index (χ2v) is 8.32. The fraction of sp³-hybridized carbons (Fsp3) is 0.913. The van der Waals surface area contributed by atoms with Crippen molar-refractivity contribution in [1.82, 2.24) is 10.2 Å². The third-order valence-corrected chi connectivity index (χ3v) is 5.80. The zero-order valence-corrected chi connectivity index (χ0v) is 18.4. The SMILES string of the molecule is CCCCCCCCCCCCC(=O)N1CCC[C@H]1C(=O)NCCCCCN. The highest BCUT2D eigenvalue weighted by Gasteiger charge is 2.33. The Morgan fingerprint density at radius 3 is 2.14 bits per heavy atom. The van der Waals surface area contributed by atoms with Gasteiger partial charge in [0.05, 0.1) is 0 Å². The molecule has 28 heavy (non-hydrogen) atoms. The average Bonchev–Trinajstić information content (AvgIpc) is 3.19. The van der Waals surface area contributed by atoms with Crippen molar-refractivity contribution < 1.29 is 9.59 Å². The fourth-order valence-corrected chi connectivity index (χ4v) is 4.02. The highest BCUT2D eigenvalue weighted by Crippen LogP contribution is 2.20. The van der Waals surface area contributed by atoms with Gasteiger partial charge in [0.1, 0.15) is 6.04 Å². The van der Waals surface area contributed by atoms with Gasteiger partial charge in [0.25, 0.3) is 0 Å². The van der Waals surface area contributed by atoms with Crippen LogP contribution in [-0.2, 0) is 9.59 Å². The van der Waals surface area contributed by atoms with E-state index >= 15 is 0 Å². The standard InChI is InChI=1S/C23H45N3O2/c1-2-3-4-5-6-7-8-9-10-12-17-22(27)26-20-15-16-21(26)23(28)25-19-14-11-13-18-24/h21H,2-20,24H2,1H3,(H,25,28)/t21-/m0/s1. The highest BCUT2D eigenvalue weighted by atomic mass is 16.2. The Hall–Kier alpha value is -1.10. The molecule has 1 heterocycles. The smallest absolute Gasteiger partial charge is 0.242 e. The number of nitrogens with two attached hydrogens (primary N) is 1. The average molecular weight is 396 g/mol. The molecule has 0 aromatic heterocycles. The van der Waals surface area contributed by atoms with Crippen LogP contribution in [0.15, 0.2) is 0 Å². The number of unbranched alkanes of at least 4 members (excludes halogenated alkanes) is 11. The Balaban J connectivity index is 2.10. The van der Waals surface area contributed by atoms with Crippen LogP contribution < -0.4 is 11.1 Å². The van der Waals surface area contributed by atoms with Gasteiger partial charge in [-0.15, -0.1) is 0 Å². The quantitative estimate of drug-likeness (QED) is 0.355. The molecule has 0 aliphatic carbocycles. The molecule has 1 aliphatic heterocycles. The van der Waals surface area contributed by atoms with E-state index in [-0.39, 0.29) is 17.9 Å². The minimum Gasteiger partial charge on any atom is -0.354 e. The Morgan fingerprint density at radius 1 is 0.893 bits per heavy atom. The van der Waals surface area contributed by atoms with Gasteiger partial charge in [0, 0.05) is 19.5 Å². The zero-order chi connectivity index (χ0) is 20.5. The number of hydrogen-bond acceptors (Lipinski definition) is 3. The molecular formula is C23H45N3O2. The van der Waals surface area contributed by atoms with Crippen LogP contribution >= 0.6 is 0 Å². The third-order valence-electron chi connectivity index (χ3n) is 5.80. The Labute approximate surface area is 173 Å². The van der Waals surface area contributed by atoms with E-state index in [4.69, 9.17) is 5.73 Å². The molecule has 3 N–H and O–H groups in total. The first-order valence-electron chi connectivity index (χ1n) is 12.0. The first-order chi connectivity index (χ1) is 13.7. The van der Waals surface area contributed by atoms with Gasteiger partial charge < -0.3 is 16.0 Å². The summed E-state index contributed by atoms with van der Waals surface area (Å²) in [4.78, 5) is 26.8. The minimum absolute atomic E-state index is 0.0293. The molecule has 2 amide bonds. The second kappa shape index (κ2) is 16.8. The summed E-state index contributed by atoms with van der Waals surface area (Å²) in [5.41, 5.74) is 5.49. The lowest BCUT2D eigenvalue weighted by Crippen LogP contribution is -2.46. The third kappa shape index (κ3) is 11.0. The topological polar surface area (TPSA) is 75.4 Å². The number of nitrogens with one attached hydrogen (secondary N) is 1. The first kappa shape index (κ1) is 24.9. The van der Waals surface area contributed by atoms with Gasteiger partial charge in [0.2, 0.25) is 11.8 Å². The monoisotopic (exact) mass is 395 g/mol. The Bertz CT molecular complexity index is 415. The summed E-state index contributed by atoms with van der Waals surface area (Å²) in [5.74, 6) is 0.196. The van der Waals surface area contributed by atoms with Crippen molar-refractivity contribution in [2.75, 3.05) is 19.6 Å². The number of carbonyl (C=O) groups is 2. The minimum atomic E-state index is -0.245. The van der Waals surface area contributed by atoms with Crippen molar-refractivity contribution in [3.63, 3.8) is 0 Å². The maximum absolute atomic E-state index is 12.5. The van der Waals surface area contributed by atoms with E-state index < -0.39 is 0 Å². The lowest BCUT2D eigenvalue weighted by molar-refractivity contribution is -0.138. The molecule has 1 saturated heterocycles. The van der Waals surface area contributed by atoms with Crippen LogP contribution in [0.2, 0.25) is 0 Å². The van der Waals surface area contributed by atoms with Crippen molar-refractivity contribution in [2.45, 2.75) is 116 Å². The highest BCUT2D eigenvalue weighted by molar-refractivity contribution is 5.88. The predicted octanol–water partition coefficient (Wildman–Crippen LogP) is 4.53. The van der Waals surface area contributed by atoms with Crippen LogP contribution in [0.5, 0.6) is 0 Å². The van der Waals surface area contributed by atoms with Gasteiger partial charge in [-0.1, -0.05) is 71.1 Å². The Kier molecular flexibility index (Phi) is 15.0. The first-order valence-corrected chi connectivity index (χ1v) is 12.0. The molecule has 0 unspecified atom stereocenters. The van der Waals surface area contributed by atoms with E-state index in [0.29, 0.717) is 19.5 Å². The van der Waals surface area contributed by atoms with Crippen molar-refractivity contribution in [3.05, 3.63) is 0 Å². The molecule has 1 fully saturated rings. The normalized spacial score (nSPS) is 16.5. The van der Waals surface area contributed by atoms with Gasteiger partial charge in [-0.05, 0) is 38.6 Å². The molecule has 164 valence electrons. The van der Waals surface area contributed by atoms with Crippen LogP contribution in [0.1, 0.15) is 110 Å². The lowest BCUT2D eigenvalue weighted by Gasteiger charge is -2.24. The molecule has 1 atom stereocenters. The second-order valence-electron chi connectivity index (χ2n) is 8.32. The van der Waals surface area contributed by atoms with E-state index in [0.717, 1.165) is 51.5 Å². The van der Waals surface area contributed by atoms with Crippen LogP contribution in [-0.4, -0.2) is 42.4 Å². The van der Waals surface area contributed by atoms with Crippen molar-refractivity contribution >= 4 is 11.8 Å². The van der Waals surface area contributed by atoms with Crippen LogP contribution in [0.4, 0.5) is 0 Å². The summed E-state index contributed by atoms with van der Waals surface area (Å²) < 4.78 is 0. The number of carbonyl (C=O) groups excluding carboxylic acids is 2. The molecule has 0 spiro atoms. The molecule has 0 saturated carbocycles. The molecule has 0 aromatic carbocycles. The van der Waals surface area contributed by atoms with Gasteiger partial charge in [-0.25, -0.2) is 0 Å². The van der Waals surface area contributed by atoms with E-state index in [2.05, 4.69) is 12.2 Å². The van der Waals surface area contributed by atoms with E-state index in [1.165, 1.54) is 51.4 Å². The summed E-state index contributed by atoms with van der Waals surface area (Å²) in [7, 11) is 0. The molecule has 5 heteroatoms. The molecule has 0 aromatic rings. The maximum Gasteiger partial charge on any atom is 0.242 e. The van der Waals surface area contributed by atoms with Crippen molar-refractivity contribution in [1.29, 1.82) is 0 Å². The van der Waals surface area contributed by atoms with Crippen molar-refractivity contribution in [3.8, 4) is 0 Å². The predicted molar refractivity (Wildman–Crippen MR) is 117 cm³/mol. The largest absolute Gasteiger partial charge is 0.354 e. The number of hydrogen-bond donors (Lipinski definition) is 2. The summed E-state index contributed by atoms with van der Waals surface area (Å²) >= 11 is 0.